The first-order chi connectivity index (χ1) is 8.81. The lowest BCUT2D eigenvalue weighted by Gasteiger charge is -2.13. The van der Waals surface area contributed by atoms with Crippen molar-refractivity contribution >= 4 is 23.2 Å². The van der Waals surface area contributed by atoms with Gasteiger partial charge in [0.15, 0.2) is 5.65 Å². The Morgan fingerprint density at radius 3 is 2.94 bits per heavy atom. The van der Waals surface area contributed by atoms with Crippen LogP contribution in [0.3, 0.4) is 0 Å². The summed E-state index contributed by atoms with van der Waals surface area (Å²) >= 11 is 5.90. The largest absolute Gasteiger partial charge is 0.352 e. The van der Waals surface area contributed by atoms with Crippen molar-refractivity contribution in [2.75, 3.05) is 31.5 Å². The molecule has 0 aliphatic carbocycles. The van der Waals surface area contributed by atoms with E-state index in [1.54, 1.807) is 10.7 Å². The minimum absolute atomic E-state index is 0.663. The number of nitrogens with one attached hydrogen (secondary N) is 1. The van der Waals surface area contributed by atoms with E-state index in [0.717, 1.165) is 18.7 Å². The molecule has 18 heavy (non-hydrogen) atoms. The number of rotatable bonds is 4. The molecule has 0 spiro atoms. The first-order valence-corrected chi connectivity index (χ1v) is 6.67. The lowest BCUT2D eigenvalue weighted by Crippen LogP contribution is -2.26. The van der Waals surface area contributed by atoms with Crippen LogP contribution in [0.25, 0.3) is 5.65 Å². The summed E-state index contributed by atoms with van der Waals surface area (Å²) in [6.07, 6.45) is 4.41. The molecule has 0 atom stereocenters. The predicted octanol–water partition coefficient (Wildman–Crippen LogP) is 1.89. The highest BCUT2D eigenvalue weighted by Crippen LogP contribution is 2.11. The highest BCUT2D eigenvalue weighted by molar-refractivity contribution is 6.30. The van der Waals surface area contributed by atoms with Crippen molar-refractivity contribution in [1.29, 1.82) is 0 Å². The summed E-state index contributed by atoms with van der Waals surface area (Å²) in [5.74, 6) is 0.663. The Labute approximate surface area is 111 Å². The van der Waals surface area contributed by atoms with Crippen molar-refractivity contribution in [3.05, 3.63) is 23.4 Å². The summed E-state index contributed by atoms with van der Waals surface area (Å²) in [6.45, 7) is 4.37. The summed E-state index contributed by atoms with van der Waals surface area (Å²) in [5.41, 5.74) is 0.808. The Morgan fingerprint density at radius 1 is 1.28 bits per heavy atom. The van der Waals surface area contributed by atoms with Crippen LogP contribution >= 0.6 is 11.6 Å². The normalized spacial score (nSPS) is 16.5. The minimum atomic E-state index is 0.663. The van der Waals surface area contributed by atoms with Crippen LogP contribution in [0.2, 0.25) is 5.02 Å². The third-order valence-corrected chi connectivity index (χ3v) is 3.43. The molecule has 5 nitrogen and oxygen atoms in total. The average Bonchev–Trinajstić information content (AvgIpc) is 2.97. The zero-order chi connectivity index (χ0) is 12.4. The maximum Gasteiger partial charge on any atom is 0.243 e. The van der Waals surface area contributed by atoms with Gasteiger partial charge in [0, 0.05) is 19.3 Å². The number of fused-ring (bicyclic) bond motifs is 1. The third-order valence-electron chi connectivity index (χ3n) is 3.20. The molecule has 96 valence electrons. The Balaban J connectivity index is 1.60. The molecule has 2 aromatic rings. The van der Waals surface area contributed by atoms with Crippen LogP contribution in [0.5, 0.6) is 0 Å². The van der Waals surface area contributed by atoms with E-state index >= 15 is 0 Å². The van der Waals surface area contributed by atoms with Crippen molar-refractivity contribution in [1.82, 2.24) is 19.5 Å². The molecule has 1 N–H and O–H groups in total. The summed E-state index contributed by atoms with van der Waals surface area (Å²) in [7, 11) is 0. The van der Waals surface area contributed by atoms with Gasteiger partial charge in [0.25, 0.3) is 0 Å². The number of likely N-dealkylation sites (tertiary alicyclic amines) is 1. The third kappa shape index (κ3) is 2.57. The van der Waals surface area contributed by atoms with Gasteiger partial charge in [0.2, 0.25) is 5.95 Å². The number of nitrogens with zero attached hydrogens (tertiary/aromatic N) is 4. The number of halogens is 1. The van der Waals surface area contributed by atoms with Gasteiger partial charge in [-0.1, -0.05) is 11.6 Å². The molecule has 2 aromatic heterocycles. The van der Waals surface area contributed by atoms with E-state index in [9.17, 15) is 0 Å². The quantitative estimate of drug-likeness (QED) is 0.917. The van der Waals surface area contributed by atoms with Gasteiger partial charge in [0.05, 0.1) is 5.02 Å². The standard InChI is InChI=1S/C12H16ClN5/c13-10-3-4-11-15-12(16-18(11)9-10)14-5-8-17-6-1-2-7-17/h3-4,9H,1-2,5-8H2,(H,14,16). The maximum absolute atomic E-state index is 5.90. The van der Waals surface area contributed by atoms with Gasteiger partial charge in [-0.05, 0) is 38.1 Å². The molecule has 0 bridgehead atoms. The lowest BCUT2D eigenvalue weighted by molar-refractivity contribution is 0.352. The fraction of sp³-hybridized carbons (Fsp3) is 0.500. The Kier molecular flexibility index (Phi) is 3.34. The molecular weight excluding hydrogens is 250 g/mol. The predicted molar refractivity (Wildman–Crippen MR) is 72.2 cm³/mol. The molecule has 1 saturated heterocycles. The molecule has 0 amide bonds. The molecule has 1 fully saturated rings. The van der Waals surface area contributed by atoms with Gasteiger partial charge >= 0.3 is 0 Å². The van der Waals surface area contributed by atoms with Gasteiger partial charge in [-0.15, -0.1) is 5.10 Å². The van der Waals surface area contributed by atoms with E-state index in [1.165, 1.54) is 25.9 Å². The molecule has 1 aliphatic heterocycles. The van der Waals surface area contributed by atoms with Crippen LogP contribution in [0.4, 0.5) is 5.95 Å². The summed E-state index contributed by atoms with van der Waals surface area (Å²) in [6, 6.07) is 3.68. The van der Waals surface area contributed by atoms with Crippen LogP contribution < -0.4 is 5.32 Å². The fourth-order valence-electron chi connectivity index (χ4n) is 2.26. The zero-order valence-corrected chi connectivity index (χ0v) is 10.9. The zero-order valence-electron chi connectivity index (χ0n) is 10.1. The highest BCUT2D eigenvalue weighted by Gasteiger charge is 2.10. The first-order valence-electron chi connectivity index (χ1n) is 6.29. The molecule has 0 saturated carbocycles. The molecule has 0 unspecified atom stereocenters. The SMILES string of the molecule is Clc1ccc2nc(NCCN3CCCC3)nn2c1. The molecule has 3 rings (SSSR count). The summed E-state index contributed by atoms with van der Waals surface area (Å²) < 4.78 is 1.69. The number of anilines is 1. The van der Waals surface area contributed by atoms with Crippen molar-refractivity contribution in [3.8, 4) is 0 Å². The Morgan fingerprint density at radius 2 is 2.11 bits per heavy atom. The molecular formula is C12H16ClN5. The Hall–Kier alpha value is -1.33. The monoisotopic (exact) mass is 265 g/mol. The second kappa shape index (κ2) is 5.12. The Bertz CT molecular complexity index is 532. The fourth-order valence-corrected chi connectivity index (χ4v) is 2.42. The maximum atomic E-state index is 5.90. The highest BCUT2D eigenvalue weighted by atomic mass is 35.5. The van der Waals surface area contributed by atoms with Crippen LogP contribution in [-0.4, -0.2) is 45.7 Å². The van der Waals surface area contributed by atoms with Crippen LogP contribution in [0.15, 0.2) is 18.3 Å². The lowest BCUT2D eigenvalue weighted by atomic mass is 10.4. The smallest absolute Gasteiger partial charge is 0.243 e. The summed E-state index contributed by atoms with van der Waals surface area (Å²) in [5, 5.41) is 8.24. The van der Waals surface area contributed by atoms with Crippen molar-refractivity contribution < 1.29 is 0 Å². The van der Waals surface area contributed by atoms with E-state index < -0.39 is 0 Å². The molecule has 6 heteroatoms. The first kappa shape index (κ1) is 11.7. The van der Waals surface area contributed by atoms with Gasteiger partial charge in [-0.2, -0.15) is 4.98 Å². The van der Waals surface area contributed by atoms with Gasteiger partial charge in [-0.3, -0.25) is 0 Å². The van der Waals surface area contributed by atoms with Gasteiger partial charge < -0.3 is 10.2 Å². The van der Waals surface area contributed by atoms with Crippen LogP contribution in [0, 0.1) is 0 Å². The number of hydrogen-bond donors (Lipinski definition) is 1. The van der Waals surface area contributed by atoms with Crippen molar-refractivity contribution in [3.63, 3.8) is 0 Å². The van der Waals surface area contributed by atoms with Gasteiger partial charge in [-0.25, -0.2) is 4.52 Å². The summed E-state index contributed by atoms with van der Waals surface area (Å²) in [4.78, 5) is 6.84. The van der Waals surface area contributed by atoms with Crippen molar-refractivity contribution in [2.24, 2.45) is 0 Å². The molecule has 0 aromatic carbocycles. The van der Waals surface area contributed by atoms with Gasteiger partial charge in [0.1, 0.15) is 0 Å². The van der Waals surface area contributed by atoms with E-state index in [1.807, 2.05) is 12.1 Å². The number of pyridine rings is 1. The second-order valence-corrected chi connectivity index (χ2v) is 5.00. The van der Waals surface area contributed by atoms with E-state index in [-0.39, 0.29) is 0 Å². The molecule has 3 heterocycles. The number of aromatic nitrogens is 3. The molecule has 0 radical (unpaired) electrons. The van der Waals surface area contributed by atoms with E-state index in [2.05, 4.69) is 20.3 Å². The topological polar surface area (TPSA) is 45.5 Å². The average molecular weight is 266 g/mol. The van der Waals surface area contributed by atoms with Crippen LogP contribution in [0.1, 0.15) is 12.8 Å². The number of hydrogen-bond acceptors (Lipinski definition) is 4. The van der Waals surface area contributed by atoms with Crippen molar-refractivity contribution in [2.45, 2.75) is 12.8 Å². The second-order valence-electron chi connectivity index (χ2n) is 4.56. The van der Waals surface area contributed by atoms with E-state index in [0.29, 0.717) is 11.0 Å². The van der Waals surface area contributed by atoms with Crippen LogP contribution in [-0.2, 0) is 0 Å². The molecule has 1 aliphatic rings. The minimum Gasteiger partial charge on any atom is -0.352 e. The van der Waals surface area contributed by atoms with E-state index in [4.69, 9.17) is 11.6 Å².